The zero-order valence-corrected chi connectivity index (χ0v) is 14.9. The number of rotatable bonds is 2. The van der Waals surface area contributed by atoms with E-state index in [9.17, 15) is 9.59 Å². The lowest BCUT2D eigenvalue weighted by Crippen LogP contribution is -2.50. The number of thiophene rings is 1. The van der Waals surface area contributed by atoms with Crippen molar-refractivity contribution in [2.24, 2.45) is 0 Å². The highest BCUT2D eigenvalue weighted by Crippen LogP contribution is 2.31. The molecule has 1 aliphatic rings. The van der Waals surface area contributed by atoms with Crippen LogP contribution < -0.4 is 0 Å². The highest BCUT2D eigenvalue weighted by atomic mass is 32.1. The number of carbonyl (C=O) groups is 2. The molecule has 1 saturated heterocycles. The standard InChI is InChI=1S/C18H18N4O2S/c1-12-14-10-15(17(24)21-9-8-20(2)16(23)11-21)25-18(14)22(19-12)13-6-4-3-5-7-13/h3-7,10H,8-9,11H2,1-2H3. The normalized spacial score (nSPS) is 15.2. The van der Waals surface area contributed by atoms with E-state index in [4.69, 9.17) is 0 Å². The number of likely N-dealkylation sites (N-methyl/N-ethyl adjacent to an activating group) is 1. The molecule has 0 atom stereocenters. The molecule has 128 valence electrons. The molecule has 0 saturated carbocycles. The fourth-order valence-corrected chi connectivity index (χ4v) is 4.14. The third kappa shape index (κ3) is 2.70. The summed E-state index contributed by atoms with van der Waals surface area (Å²) in [5.41, 5.74) is 1.86. The molecule has 1 aliphatic heterocycles. The summed E-state index contributed by atoms with van der Waals surface area (Å²) in [6.07, 6.45) is 0. The summed E-state index contributed by atoms with van der Waals surface area (Å²) in [7, 11) is 1.77. The van der Waals surface area contributed by atoms with Crippen LogP contribution in [0, 0.1) is 6.92 Å². The minimum Gasteiger partial charge on any atom is -0.342 e. The van der Waals surface area contributed by atoms with Gasteiger partial charge in [-0.25, -0.2) is 4.68 Å². The summed E-state index contributed by atoms with van der Waals surface area (Å²) in [5.74, 6) is -0.103. The number of hydrogen-bond donors (Lipinski definition) is 0. The zero-order chi connectivity index (χ0) is 17.6. The molecule has 2 aromatic heterocycles. The average molecular weight is 354 g/mol. The first kappa shape index (κ1) is 15.8. The number of aromatic nitrogens is 2. The molecule has 4 rings (SSSR count). The fraction of sp³-hybridized carbons (Fsp3) is 0.278. The van der Waals surface area contributed by atoms with Gasteiger partial charge in [-0.15, -0.1) is 11.3 Å². The molecule has 1 aromatic carbocycles. The first-order valence-corrected chi connectivity index (χ1v) is 8.94. The number of piperazine rings is 1. The number of carbonyl (C=O) groups excluding carboxylic acids is 2. The molecule has 0 N–H and O–H groups in total. The highest BCUT2D eigenvalue weighted by molar-refractivity contribution is 7.20. The van der Waals surface area contributed by atoms with Crippen LogP contribution in [0.2, 0.25) is 0 Å². The van der Waals surface area contributed by atoms with Crippen LogP contribution >= 0.6 is 11.3 Å². The van der Waals surface area contributed by atoms with Crippen molar-refractivity contribution in [3.05, 3.63) is 47.0 Å². The van der Waals surface area contributed by atoms with Crippen LogP contribution in [0.25, 0.3) is 15.9 Å². The van der Waals surface area contributed by atoms with Gasteiger partial charge < -0.3 is 9.80 Å². The van der Waals surface area contributed by atoms with Crippen molar-refractivity contribution in [1.82, 2.24) is 19.6 Å². The molecule has 0 radical (unpaired) electrons. The van der Waals surface area contributed by atoms with E-state index in [1.807, 2.05) is 48.0 Å². The molecular formula is C18H18N4O2S. The third-order valence-corrected chi connectivity index (χ3v) is 5.60. The molecule has 1 fully saturated rings. The summed E-state index contributed by atoms with van der Waals surface area (Å²) in [6, 6.07) is 11.8. The minimum atomic E-state index is -0.0818. The van der Waals surface area contributed by atoms with Crippen LogP contribution in [0.15, 0.2) is 36.4 Å². The number of aryl methyl sites for hydroxylation is 1. The van der Waals surface area contributed by atoms with Gasteiger partial charge in [-0.2, -0.15) is 5.10 Å². The van der Waals surface area contributed by atoms with E-state index in [-0.39, 0.29) is 18.4 Å². The summed E-state index contributed by atoms with van der Waals surface area (Å²) in [4.78, 5) is 29.6. The molecule has 0 unspecified atom stereocenters. The summed E-state index contributed by atoms with van der Waals surface area (Å²) in [6.45, 7) is 3.24. The lowest BCUT2D eigenvalue weighted by atomic mass is 10.2. The molecule has 3 aromatic rings. The second-order valence-electron chi connectivity index (χ2n) is 6.20. The molecule has 25 heavy (non-hydrogen) atoms. The Balaban J connectivity index is 1.70. The number of fused-ring (bicyclic) bond motifs is 1. The van der Waals surface area contributed by atoms with Crippen molar-refractivity contribution in [1.29, 1.82) is 0 Å². The molecule has 0 spiro atoms. The number of nitrogens with zero attached hydrogens (tertiary/aromatic N) is 4. The van der Waals surface area contributed by atoms with Gasteiger partial charge in [-0.05, 0) is 25.1 Å². The number of hydrogen-bond acceptors (Lipinski definition) is 4. The molecule has 7 heteroatoms. The minimum absolute atomic E-state index is 0.0210. The molecule has 0 aliphatic carbocycles. The summed E-state index contributed by atoms with van der Waals surface area (Å²) < 4.78 is 1.88. The van der Waals surface area contributed by atoms with Crippen LogP contribution in [0.4, 0.5) is 0 Å². The Bertz CT molecular complexity index is 960. The van der Waals surface area contributed by atoms with Crippen molar-refractivity contribution in [2.75, 3.05) is 26.7 Å². The fourth-order valence-electron chi connectivity index (χ4n) is 2.98. The lowest BCUT2D eigenvalue weighted by molar-refractivity contribution is -0.133. The van der Waals surface area contributed by atoms with E-state index in [0.29, 0.717) is 18.0 Å². The van der Waals surface area contributed by atoms with Gasteiger partial charge in [-0.3, -0.25) is 9.59 Å². The van der Waals surface area contributed by atoms with Crippen molar-refractivity contribution >= 4 is 33.4 Å². The Morgan fingerprint density at radius 2 is 1.96 bits per heavy atom. The van der Waals surface area contributed by atoms with E-state index in [1.165, 1.54) is 11.3 Å². The number of para-hydroxylation sites is 1. The quantitative estimate of drug-likeness (QED) is 0.710. The van der Waals surface area contributed by atoms with Gasteiger partial charge in [0, 0.05) is 25.5 Å². The van der Waals surface area contributed by atoms with E-state index in [0.717, 1.165) is 21.6 Å². The second kappa shape index (κ2) is 6.00. The molecular weight excluding hydrogens is 336 g/mol. The SMILES string of the molecule is Cc1nn(-c2ccccc2)c2sc(C(=O)N3CCN(C)C(=O)C3)cc12. The van der Waals surface area contributed by atoms with Gasteiger partial charge >= 0.3 is 0 Å². The van der Waals surface area contributed by atoms with E-state index < -0.39 is 0 Å². The Morgan fingerprint density at radius 1 is 1.20 bits per heavy atom. The van der Waals surface area contributed by atoms with Gasteiger partial charge in [0.15, 0.2) is 0 Å². The van der Waals surface area contributed by atoms with Crippen LogP contribution in [0.1, 0.15) is 15.4 Å². The largest absolute Gasteiger partial charge is 0.342 e. The first-order valence-electron chi connectivity index (χ1n) is 8.12. The molecule has 0 bridgehead atoms. The van der Waals surface area contributed by atoms with Crippen molar-refractivity contribution < 1.29 is 9.59 Å². The number of benzene rings is 1. The Labute approximate surface area is 149 Å². The predicted molar refractivity (Wildman–Crippen MR) is 97.2 cm³/mol. The Morgan fingerprint density at radius 3 is 2.68 bits per heavy atom. The van der Waals surface area contributed by atoms with Crippen molar-refractivity contribution in [2.45, 2.75) is 6.92 Å². The third-order valence-electron chi connectivity index (χ3n) is 4.50. The van der Waals surface area contributed by atoms with Gasteiger partial charge in [0.25, 0.3) is 5.91 Å². The maximum atomic E-state index is 12.8. The second-order valence-corrected chi connectivity index (χ2v) is 7.23. The maximum Gasteiger partial charge on any atom is 0.264 e. The van der Waals surface area contributed by atoms with Gasteiger partial charge in [0.1, 0.15) is 11.4 Å². The molecule has 3 heterocycles. The predicted octanol–water partition coefficient (Wildman–Crippen LogP) is 2.31. The van der Waals surface area contributed by atoms with Crippen LogP contribution in [-0.2, 0) is 4.79 Å². The maximum absolute atomic E-state index is 12.8. The van der Waals surface area contributed by atoms with Gasteiger partial charge in [0.2, 0.25) is 5.91 Å². The van der Waals surface area contributed by atoms with Crippen molar-refractivity contribution in [3.8, 4) is 5.69 Å². The smallest absolute Gasteiger partial charge is 0.264 e. The van der Waals surface area contributed by atoms with Gasteiger partial charge in [0.05, 0.1) is 16.3 Å². The number of amides is 2. The highest BCUT2D eigenvalue weighted by Gasteiger charge is 2.27. The van der Waals surface area contributed by atoms with Crippen molar-refractivity contribution in [3.63, 3.8) is 0 Å². The zero-order valence-electron chi connectivity index (χ0n) is 14.1. The topological polar surface area (TPSA) is 58.4 Å². The Hall–Kier alpha value is -2.67. The molecule has 6 nitrogen and oxygen atoms in total. The van der Waals surface area contributed by atoms with E-state index in [1.54, 1.807) is 16.8 Å². The van der Waals surface area contributed by atoms with E-state index in [2.05, 4.69) is 5.10 Å². The summed E-state index contributed by atoms with van der Waals surface area (Å²) >= 11 is 1.43. The first-order chi connectivity index (χ1) is 12.0. The van der Waals surface area contributed by atoms with E-state index >= 15 is 0 Å². The van der Waals surface area contributed by atoms with Crippen LogP contribution in [0.3, 0.4) is 0 Å². The molecule has 2 amide bonds. The summed E-state index contributed by atoms with van der Waals surface area (Å²) in [5, 5.41) is 5.58. The monoisotopic (exact) mass is 354 g/mol. The lowest BCUT2D eigenvalue weighted by Gasteiger charge is -2.31. The Kier molecular flexibility index (Phi) is 3.80. The van der Waals surface area contributed by atoms with Crippen LogP contribution in [0.5, 0.6) is 0 Å². The average Bonchev–Trinajstić information content (AvgIpc) is 3.18. The van der Waals surface area contributed by atoms with Gasteiger partial charge in [-0.1, -0.05) is 18.2 Å². The van der Waals surface area contributed by atoms with Crippen LogP contribution in [-0.4, -0.2) is 58.1 Å².